The molecule has 2 aromatic rings. The van der Waals surface area contributed by atoms with Crippen LogP contribution in [0.25, 0.3) is 0 Å². The van der Waals surface area contributed by atoms with Crippen molar-refractivity contribution in [2.75, 3.05) is 6.54 Å². The number of hydrogen-bond donors (Lipinski definition) is 1. The molecule has 0 saturated heterocycles. The molecule has 2 rings (SSSR count). The van der Waals surface area contributed by atoms with Crippen LogP contribution in [-0.4, -0.2) is 27.1 Å². The molecule has 0 radical (unpaired) electrons. The zero-order valence-corrected chi connectivity index (χ0v) is 12.8. The third-order valence-corrected chi connectivity index (χ3v) is 3.83. The number of carbonyl (C=O) groups is 1. The summed E-state index contributed by atoms with van der Waals surface area (Å²) < 4.78 is 1.72. The molecule has 5 heteroatoms. The van der Waals surface area contributed by atoms with Crippen LogP contribution in [0, 0.1) is 6.92 Å². The van der Waals surface area contributed by atoms with Gasteiger partial charge in [-0.1, -0.05) is 24.3 Å². The summed E-state index contributed by atoms with van der Waals surface area (Å²) in [5.41, 5.74) is 9.47. The van der Waals surface area contributed by atoms with Crippen molar-refractivity contribution >= 4 is 5.91 Å². The predicted octanol–water partition coefficient (Wildman–Crippen LogP) is 1.85. The molecule has 0 fully saturated rings. The number of benzene rings is 1. The summed E-state index contributed by atoms with van der Waals surface area (Å²) in [5, 5.41) is 4.14. The quantitative estimate of drug-likeness (QED) is 0.912. The summed E-state index contributed by atoms with van der Waals surface area (Å²) in [4.78, 5) is 14.5. The van der Waals surface area contributed by atoms with Gasteiger partial charge in [-0.15, -0.1) is 0 Å². The van der Waals surface area contributed by atoms with Crippen LogP contribution >= 0.6 is 0 Å². The van der Waals surface area contributed by atoms with Gasteiger partial charge in [0.2, 0.25) is 0 Å². The van der Waals surface area contributed by atoms with Crippen LogP contribution in [0.2, 0.25) is 0 Å². The second-order valence-electron chi connectivity index (χ2n) is 5.06. The lowest BCUT2D eigenvalue weighted by Gasteiger charge is -2.22. The molecule has 21 heavy (non-hydrogen) atoms. The molecule has 0 aliphatic carbocycles. The van der Waals surface area contributed by atoms with Crippen molar-refractivity contribution in [2.45, 2.75) is 26.9 Å². The third kappa shape index (κ3) is 3.13. The van der Waals surface area contributed by atoms with Crippen molar-refractivity contribution in [1.29, 1.82) is 0 Å². The highest BCUT2D eigenvalue weighted by atomic mass is 16.2. The summed E-state index contributed by atoms with van der Waals surface area (Å²) in [6.07, 6.45) is 1.63. The lowest BCUT2D eigenvalue weighted by Crippen LogP contribution is -2.31. The van der Waals surface area contributed by atoms with E-state index in [4.69, 9.17) is 5.73 Å². The maximum Gasteiger partial charge on any atom is 0.257 e. The highest BCUT2D eigenvalue weighted by Crippen LogP contribution is 2.15. The fraction of sp³-hybridized carbons (Fsp3) is 0.375. The predicted molar refractivity (Wildman–Crippen MR) is 82.7 cm³/mol. The van der Waals surface area contributed by atoms with Gasteiger partial charge < -0.3 is 10.6 Å². The Kier molecular flexibility index (Phi) is 4.75. The van der Waals surface area contributed by atoms with Crippen LogP contribution in [-0.2, 0) is 20.1 Å². The molecule has 1 amide bonds. The maximum atomic E-state index is 12.7. The number of aromatic nitrogens is 2. The van der Waals surface area contributed by atoms with Crippen LogP contribution in [0.4, 0.5) is 0 Å². The van der Waals surface area contributed by atoms with Gasteiger partial charge in [0, 0.05) is 32.4 Å². The molecule has 0 bridgehead atoms. The van der Waals surface area contributed by atoms with Crippen molar-refractivity contribution in [3.8, 4) is 0 Å². The number of hydrogen-bond acceptors (Lipinski definition) is 3. The fourth-order valence-corrected chi connectivity index (χ4v) is 2.32. The maximum absolute atomic E-state index is 12.7. The number of amides is 1. The van der Waals surface area contributed by atoms with Gasteiger partial charge >= 0.3 is 0 Å². The molecular weight excluding hydrogens is 264 g/mol. The van der Waals surface area contributed by atoms with E-state index in [2.05, 4.69) is 5.10 Å². The number of carbonyl (C=O) groups excluding carboxylic acids is 1. The van der Waals surface area contributed by atoms with Crippen LogP contribution in [0.15, 0.2) is 30.5 Å². The summed E-state index contributed by atoms with van der Waals surface area (Å²) in [6.45, 7) is 5.58. The van der Waals surface area contributed by atoms with Crippen molar-refractivity contribution in [1.82, 2.24) is 14.7 Å². The first-order valence-corrected chi connectivity index (χ1v) is 7.13. The van der Waals surface area contributed by atoms with Gasteiger partial charge in [0.05, 0.1) is 11.8 Å². The smallest absolute Gasteiger partial charge is 0.257 e. The second-order valence-corrected chi connectivity index (χ2v) is 5.06. The number of rotatable bonds is 5. The summed E-state index contributed by atoms with van der Waals surface area (Å²) in [5.74, 6) is 0.00919. The molecule has 0 unspecified atom stereocenters. The van der Waals surface area contributed by atoms with Gasteiger partial charge in [-0.25, -0.2) is 0 Å². The Balaban J connectivity index is 2.24. The molecule has 5 nitrogen and oxygen atoms in total. The van der Waals surface area contributed by atoms with E-state index in [-0.39, 0.29) is 5.91 Å². The summed E-state index contributed by atoms with van der Waals surface area (Å²) in [6, 6.07) is 7.97. The molecule has 0 aliphatic heterocycles. The lowest BCUT2D eigenvalue weighted by molar-refractivity contribution is 0.0751. The molecule has 0 spiro atoms. The molecule has 1 aromatic carbocycles. The Morgan fingerprint density at radius 3 is 2.52 bits per heavy atom. The number of nitrogens with two attached hydrogens (primary N) is 1. The molecule has 0 saturated carbocycles. The first-order chi connectivity index (χ1) is 10.1. The van der Waals surface area contributed by atoms with Crippen LogP contribution in [0.1, 0.15) is 34.1 Å². The molecule has 0 aliphatic rings. The van der Waals surface area contributed by atoms with Crippen LogP contribution < -0.4 is 5.73 Å². The fourth-order valence-electron chi connectivity index (χ4n) is 2.32. The molecular formula is C16H22N4O. The van der Waals surface area contributed by atoms with E-state index in [1.54, 1.807) is 10.9 Å². The van der Waals surface area contributed by atoms with Crippen molar-refractivity contribution < 1.29 is 4.79 Å². The average Bonchev–Trinajstić information content (AvgIpc) is 2.84. The van der Waals surface area contributed by atoms with Gasteiger partial charge in [0.25, 0.3) is 5.91 Å². The molecule has 1 heterocycles. The second kappa shape index (κ2) is 6.54. The Hall–Kier alpha value is -2.14. The molecule has 1 aromatic heterocycles. The minimum Gasteiger partial charge on any atom is -0.334 e. The van der Waals surface area contributed by atoms with E-state index in [9.17, 15) is 4.79 Å². The van der Waals surface area contributed by atoms with E-state index < -0.39 is 0 Å². The van der Waals surface area contributed by atoms with Crippen molar-refractivity contribution in [2.24, 2.45) is 12.8 Å². The largest absolute Gasteiger partial charge is 0.334 e. The van der Waals surface area contributed by atoms with Gasteiger partial charge in [-0.2, -0.15) is 5.10 Å². The normalized spacial score (nSPS) is 10.7. The van der Waals surface area contributed by atoms with E-state index in [0.717, 1.165) is 16.8 Å². The monoisotopic (exact) mass is 286 g/mol. The van der Waals surface area contributed by atoms with Crippen LogP contribution in [0.3, 0.4) is 0 Å². The van der Waals surface area contributed by atoms with Gasteiger partial charge in [-0.05, 0) is 25.0 Å². The average molecular weight is 286 g/mol. The van der Waals surface area contributed by atoms with Gasteiger partial charge in [0.1, 0.15) is 0 Å². The first kappa shape index (κ1) is 15.3. The van der Waals surface area contributed by atoms with E-state index >= 15 is 0 Å². The zero-order valence-electron chi connectivity index (χ0n) is 12.8. The number of aryl methyl sites for hydroxylation is 1. The van der Waals surface area contributed by atoms with E-state index in [1.165, 1.54) is 0 Å². The minimum absolute atomic E-state index is 0.00919. The lowest BCUT2D eigenvalue weighted by atomic mass is 10.1. The van der Waals surface area contributed by atoms with Crippen molar-refractivity contribution in [3.63, 3.8) is 0 Å². The van der Waals surface area contributed by atoms with Gasteiger partial charge in [-0.3, -0.25) is 9.48 Å². The SMILES string of the molecule is CCN(Cc1ccccc1CN)C(=O)c1cnn(C)c1C. The Labute approximate surface area is 125 Å². The zero-order chi connectivity index (χ0) is 15.4. The minimum atomic E-state index is 0.00919. The highest BCUT2D eigenvalue weighted by molar-refractivity contribution is 5.95. The van der Waals surface area contributed by atoms with Crippen molar-refractivity contribution in [3.05, 3.63) is 52.8 Å². The third-order valence-electron chi connectivity index (χ3n) is 3.83. The molecule has 2 N–H and O–H groups in total. The van der Waals surface area contributed by atoms with Gasteiger partial charge in [0.15, 0.2) is 0 Å². The standard InChI is InChI=1S/C16H22N4O/c1-4-20(11-14-8-6-5-7-13(14)9-17)16(21)15-10-18-19(3)12(15)2/h5-8,10H,4,9,11,17H2,1-3H3. The van der Waals surface area contributed by atoms with E-state index in [1.807, 2.05) is 50.1 Å². The Bertz CT molecular complexity index is 633. The van der Waals surface area contributed by atoms with Crippen LogP contribution in [0.5, 0.6) is 0 Å². The summed E-state index contributed by atoms with van der Waals surface area (Å²) in [7, 11) is 1.84. The molecule has 112 valence electrons. The first-order valence-electron chi connectivity index (χ1n) is 7.13. The topological polar surface area (TPSA) is 64.2 Å². The Morgan fingerprint density at radius 1 is 1.33 bits per heavy atom. The highest BCUT2D eigenvalue weighted by Gasteiger charge is 2.19. The number of nitrogens with zero attached hydrogens (tertiary/aromatic N) is 3. The molecule has 0 atom stereocenters. The van der Waals surface area contributed by atoms with E-state index in [0.29, 0.717) is 25.2 Å². The summed E-state index contributed by atoms with van der Waals surface area (Å²) >= 11 is 0. The Morgan fingerprint density at radius 2 is 2.00 bits per heavy atom.